The second-order valence-corrected chi connectivity index (χ2v) is 6.09. The first-order chi connectivity index (χ1) is 8.81. The number of hydrogen-bond donors (Lipinski definition) is 1. The molecule has 18 heavy (non-hydrogen) atoms. The summed E-state index contributed by atoms with van der Waals surface area (Å²) in [5.74, 6) is 0. The molecular weight excluding hydrogens is 242 g/mol. The number of thioether (sulfide) groups is 1. The average molecular weight is 265 g/mol. The molecule has 1 N–H and O–H groups in total. The van der Waals surface area contributed by atoms with Crippen LogP contribution in [0.15, 0.2) is 29.2 Å². The molecule has 1 atom stereocenters. The van der Waals surface area contributed by atoms with Crippen molar-refractivity contribution in [1.82, 2.24) is 5.32 Å². The highest BCUT2D eigenvalue weighted by atomic mass is 32.2. The third kappa shape index (κ3) is 3.74. The molecule has 0 aliphatic carbocycles. The van der Waals surface area contributed by atoms with Gasteiger partial charge in [0.1, 0.15) is 0 Å². The Balaban J connectivity index is 2.06. The summed E-state index contributed by atoms with van der Waals surface area (Å²) >= 11 is 2.03. The fraction of sp³-hybridized carbons (Fsp3) is 0.600. The van der Waals surface area contributed by atoms with E-state index >= 15 is 0 Å². The van der Waals surface area contributed by atoms with Crippen LogP contribution in [-0.2, 0) is 4.74 Å². The van der Waals surface area contributed by atoms with Crippen molar-refractivity contribution in [3.05, 3.63) is 29.8 Å². The summed E-state index contributed by atoms with van der Waals surface area (Å²) in [6.45, 7) is 7.25. The van der Waals surface area contributed by atoms with Crippen LogP contribution < -0.4 is 5.32 Å². The topological polar surface area (TPSA) is 21.3 Å². The number of hydrogen-bond acceptors (Lipinski definition) is 3. The maximum atomic E-state index is 5.43. The highest BCUT2D eigenvalue weighted by Crippen LogP contribution is 2.34. The largest absolute Gasteiger partial charge is 0.381 e. The van der Waals surface area contributed by atoms with Crippen molar-refractivity contribution >= 4 is 11.8 Å². The number of rotatable bonds is 5. The fourth-order valence-corrected chi connectivity index (χ4v) is 3.66. The lowest BCUT2D eigenvalue weighted by molar-refractivity contribution is 0.1000. The van der Waals surface area contributed by atoms with Crippen LogP contribution >= 0.6 is 11.8 Å². The van der Waals surface area contributed by atoms with Gasteiger partial charge in [0.05, 0.1) is 0 Å². The van der Waals surface area contributed by atoms with E-state index in [1.54, 1.807) is 0 Å². The molecule has 0 amide bonds. The van der Waals surface area contributed by atoms with Crippen LogP contribution in [0, 0.1) is 0 Å². The smallest absolute Gasteiger partial charge is 0.0476 e. The summed E-state index contributed by atoms with van der Waals surface area (Å²) < 4.78 is 5.43. The van der Waals surface area contributed by atoms with E-state index in [9.17, 15) is 0 Å². The molecule has 0 radical (unpaired) electrons. The summed E-state index contributed by atoms with van der Waals surface area (Å²) in [5, 5.41) is 4.22. The highest BCUT2D eigenvalue weighted by Gasteiger charge is 2.17. The average Bonchev–Trinajstić information content (AvgIpc) is 2.41. The van der Waals surface area contributed by atoms with Gasteiger partial charge in [-0.1, -0.05) is 25.1 Å². The first-order valence-electron chi connectivity index (χ1n) is 6.88. The highest BCUT2D eigenvalue weighted by molar-refractivity contribution is 8.00. The Hall–Kier alpha value is -0.510. The Morgan fingerprint density at radius 1 is 1.33 bits per heavy atom. The predicted molar refractivity (Wildman–Crippen MR) is 78.2 cm³/mol. The van der Waals surface area contributed by atoms with Gasteiger partial charge in [-0.25, -0.2) is 0 Å². The Morgan fingerprint density at radius 3 is 2.78 bits per heavy atom. The van der Waals surface area contributed by atoms with Crippen LogP contribution in [0.1, 0.15) is 38.3 Å². The van der Waals surface area contributed by atoms with Crippen LogP contribution in [-0.4, -0.2) is 25.0 Å². The molecule has 2 nitrogen and oxygen atoms in total. The van der Waals surface area contributed by atoms with E-state index in [1.165, 1.54) is 23.3 Å². The van der Waals surface area contributed by atoms with Gasteiger partial charge >= 0.3 is 0 Å². The Bertz CT molecular complexity index is 363. The maximum Gasteiger partial charge on any atom is 0.0476 e. The molecule has 100 valence electrons. The minimum absolute atomic E-state index is 0.429. The van der Waals surface area contributed by atoms with Crippen molar-refractivity contribution in [1.29, 1.82) is 0 Å². The Morgan fingerprint density at radius 2 is 2.06 bits per heavy atom. The molecule has 0 spiro atoms. The van der Waals surface area contributed by atoms with E-state index in [0.29, 0.717) is 11.3 Å². The zero-order valence-corrected chi connectivity index (χ0v) is 12.1. The lowest BCUT2D eigenvalue weighted by atomic mass is 10.1. The van der Waals surface area contributed by atoms with Crippen LogP contribution in [0.4, 0.5) is 0 Å². The standard InChI is InChI=1S/C15H23NOS/c1-3-16-12(2)14-6-4-5-7-15(14)18-13-8-10-17-11-9-13/h4-7,12-13,16H,3,8-11H2,1-2H3. The van der Waals surface area contributed by atoms with E-state index in [1.807, 2.05) is 11.8 Å². The molecule has 0 aromatic heterocycles. The van der Waals surface area contributed by atoms with E-state index < -0.39 is 0 Å². The van der Waals surface area contributed by atoms with Gasteiger partial charge in [-0.2, -0.15) is 0 Å². The van der Waals surface area contributed by atoms with Crippen LogP contribution in [0.2, 0.25) is 0 Å². The third-order valence-corrected chi connectivity index (χ3v) is 4.79. The van der Waals surface area contributed by atoms with Gasteiger partial charge in [0.25, 0.3) is 0 Å². The van der Waals surface area contributed by atoms with E-state index in [0.717, 1.165) is 19.8 Å². The molecule has 1 aromatic rings. The molecule has 2 rings (SSSR count). The molecule has 1 aliphatic rings. The normalized spacial score (nSPS) is 18.8. The monoisotopic (exact) mass is 265 g/mol. The quantitative estimate of drug-likeness (QED) is 0.878. The minimum atomic E-state index is 0.429. The second kappa shape index (κ2) is 7.17. The zero-order chi connectivity index (χ0) is 12.8. The van der Waals surface area contributed by atoms with E-state index in [4.69, 9.17) is 4.74 Å². The molecule has 1 unspecified atom stereocenters. The Kier molecular flexibility index (Phi) is 5.54. The summed E-state index contributed by atoms with van der Waals surface area (Å²) in [4.78, 5) is 1.43. The van der Waals surface area contributed by atoms with Gasteiger partial charge in [-0.3, -0.25) is 0 Å². The molecule has 0 saturated carbocycles. The molecule has 1 heterocycles. The van der Waals surface area contributed by atoms with Crippen molar-refractivity contribution in [2.75, 3.05) is 19.8 Å². The first-order valence-corrected chi connectivity index (χ1v) is 7.76. The lowest BCUT2D eigenvalue weighted by Crippen LogP contribution is -2.20. The maximum absolute atomic E-state index is 5.43. The number of ether oxygens (including phenoxy) is 1. The van der Waals surface area contributed by atoms with Crippen molar-refractivity contribution in [3.63, 3.8) is 0 Å². The van der Waals surface area contributed by atoms with Crippen LogP contribution in [0.3, 0.4) is 0 Å². The molecule has 1 fully saturated rings. The van der Waals surface area contributed by atoms with Gasteiger partial charge in [-0.05, 0) is 37.9 Å². The van der Waals surface area contributed by atoms with E-state index in [2.05, 4.69) is 43.4 Å². The fourth-order valence-electron chi connectivity index (χ4n) is 2.34. The van der Waals surface area contributed by atoms with E-state index in [-0.39, 0.29) is 0 Å². The molecule has 1 aromatic carbocycles. The lowest BCUT2D eigenvalue weighted by Gasteiger charge is -2.24. The summed E-state index contributed by atoms with van der Waals surface area (Å²) in [5.41, 5.74) is 1.43. The number of benzene rings is 1. The third-order valence-electron chi connectivity index (χ3n) is 3.36. The predicted octanol–water partition coefficient (Wildman–Crippen LogP) is 3.63. The van der Waals surface area contributed by atoms with Gasteiger partial charge in [-0.15, -0.1) is 11.8 Å². The summed E-state index contributed by atoms with van der Waals surface area (Å²) in [6, 6.07) is 9.21. The zero-order valence-electron chi connectivity index (χ0n) is 11.3. The molecule has 3 heteroatoms. The second-order valence-electron chi connectivity index (χ2n) is 4.75. The molecular formula is C15H23NOS. The minimum Gasteiger partial charge on any atom is -0.381 e. The van der Waals surface area contributed by atoms with Crippen molar-refractivity contribution in [2.45, 2.75) is 42.9 Å². The van der Waals surface area contributed by atoms with Gasteiger partial charge in [0.15, 0.2) is 0 Å². The first kappa shape index (κ1) is 13.9. The van der Waals surface area contributed by atoms with Crippen LogP contribution in [0.25, 0.3) is 0 Å². The van der Waals surface area contributed by atoms with Gasteiger partial charge < -0.3 is 10.1 Å². The molecule has 1 saturated heterocycles. The summed E-state index contributed by atoms with van der Waals surface area (Å²) in [6.07, 6.45) is 2.35. The summed E-state index contributed by atoms with van der Waals surface area (Å²) in [7, 11) is 0. The molecule has 1 aliphatic heterocycles. The van der Waals surface area contributed by atoms with Crippen molar-refractivity contribution in [2.24, 2.45) is 0 Å². The number of nitrogens with one attached hydrogen (secondary N) is 1. The Labute approximate surface area is 114 Å². The van der Waals surface area contributed by atoms with Crippen LogP contribution in [0.5, 0.6) is 0 Å². The van der Waals surface area contributed by atoms with Crippen molar-refractivity contribution < 1.29 is 4.74 Å². The molecule has 0 bridgehead atoms. The SMILES string of the molecule is CCNC(C)c1ccccc1SC1CCOCC1. The van der Waals surface area contributed by atoms with Gasteiger partial charge in [0.2, 0.25) is 0 Å². The van der Waals surface area contributed by atoms with Crippen molar-refractivity contribution in [3.8, 4) is 0 Å². The van der Waals surface area contributed by atoms with Gasteiger partial charge in [0, 0.05) is 29.4 Å².